The summed E-state index contributed by atoms with van der Waals surface area (Å²) < 4.78 is 11.1. The normalized spacial score (nSPS) is 15.5. The van der Waals surface area contributed by atoms with Gasteiger partial charge in [-0.1, -0.05) is 36.4 Å². The highest BCUT2D eigenvalue weighted by Gasteiger charge is 2.24. The van der Waals surface area contributed by atoms with Crippen molar-refractivity contribution >= 4 is 23.8 Å². The van der Waals surface area contributed by atoms with Crippen LogP contribution in [0.2, 0.25) is 0 Å². The number of benzene rings is 3. The van der Waals surface area contributed by atoms with Crippen molar-refractivity contribution in [1.82, 2.24) is 0 Å². The molecule has 0 spiro atoms. The van der Waals surface area contributed by atoms with Gasteiger partial charge in [-0.15, -0.1) is 0 Å². The molecule has 1 atom stereocenters. The lowest BCUT2D eigenvalue weighted by molar-refractivity contribution is 0.263. The molecule has 0 bridgehead atoms. The summed E-state index contributed by atoms with van der Waals surface area (Å²) in [5.74, 6) is 0.915. The number of ether oxygens (including phenoxy) is 2. The smallest absolute Gasteiger partial charge is 0.119 e. The Morgan fingerprint density at radius 2 is 1.20 bits per heavy atom. The van der Waals surface area contributed by atoms with E-state index in [1.807, 2.05) is 0 Å². The molecule has 1 unspecified atom stereocenters. The van der Waals surface area contributed by atoms with Gasteiger partial charge in [-0.05, 0) is 111 Å². The Balaban J connectivity index is 1.80. The summed E-state index contributed by atoms with van der Waals surface area (Å²) >= 11 is 0. The molecule has 1 heterocycles. The van der Waals surface area contributed by atoms with Gasteiger partial charge in [-0.25, -0.2) is 0 Å². The molecule has 3 aromatic carbocycles. The largest absolute Gasteiger partial charge is 0.491 e. The van der Waals surface area contributed by atoms with Gasteiger partial charge >= 0.3 is 0 Å². The average Bonchev–Trinajstić information content (AvgIpc) is 3.53. The third-order valence-electron chi connectivity index (χ3n) is 6.04. The van der Waals surface area contributed by atoms with Crippen molar-refractivity contribution < 1.29 is 9.47 Å². The fourth-order valence-electron chi connectivity index (χ4n) is 3.83. The molecule has 0 N–H and O–H groups in total. The summed E-state index contributed by atoms with van der Waals surface area (Å²) in [4.78, 5) is 0. The minimum absolute atomic E-state index is 0.276. The molecule has 0 aliphatic carbocycles. The Labute approximate surface area is 182 Å². The average molecular weight is 419 g/mol. The van der Waals surface area contributed by atoms with E-state index in [4.69, 9.17) is 9.47 Å². The van der Waals surface area contributed by atoms with Crippen molar-refractivity contribution in [2.45, 2.75) is 47.6 Å². The lowest BCUT2D eigenvalue weighted by atomic mass is 10.1. The van der Waals surface area contributed by atoms with Crippen LogP contribution in [0.1, 0.15) is 33.4 Å². The predicted molar refractivity (Wildman–Crippen MR) is 129 cm³/mol. The van der Waals surface area contributed by atoms with Crippen LogP contribution in [0.15, 0.2) is 48.5 Å². The Morgan fingerprint density at radius 3 is 1.67 bits per heavy atom. The van der Waals surface area contributed by atoms with Crippen molar-refractivity contribution in [2.24, 2.45) is 0 Å². The van der Waals surface area contributed by atoms with Gasteiger partial charge in [-0.3, -0.25) is 0 Å². The van der Waals surface area contributed by atoms with Crippen molar-refractivity contribution in [3.63, 3.8) is 0 Å². The van der Waals surface area contributed by atoms with Crippen LogP contribution in [0.3, 0.4) is 0 Å². The van der Waals surface area contributed by atoms with E-state index in [0.29, 0.717) is 6.61 Å². The molecule has 30 heavy (non-hydrogen) atoms. The zero-order chi connectivity index (χ0) is 21.4. The Morgan fingerprint density at radius 1 is 0.733 bits per heavy atom. The SMILES string of the molecule is Cc1cc(C)c(P(c2ccc(OCC3CO3)cc2)c2cc(C)c(C)cc2C)cc1C. The summed E-state index contributed by atoms with van der Waals surface area (Å²) in [7, 11) is -0.647. The summed E-state index contributed by atoms with van der Waals surface area (Å²) in [5, 5.41) is 4.25. The first-order valence-electron chi connectivity index (χ1n) is 10.6. The van der Waals surface area contributed by atoms with E-state index >= 15 is 0 Å². The quantitative estimate of drug-likeness (QED) is 0.412. The zero-order valence-corrected chi connectivity index (χ0v) is 19.8. The highest BCUT2D eigenvalue weighted by molar-refractivity contribution is 7.80. The van der Waals surface area contributed by atoms with Crippen molar-refractivity contribution in [3.8, 4) is 5.75 Å². The zero-order valence-electron chi connectivity index (χ0n) is 18.9. The Bertz CT molecular complexity index is 1010. The van der Waals surface area contributed by atoms with Gasteiger partial charge in [0.25, 0.3) is 0 Å². The Kier molecular flexibility index (Phi) is 6.00. The molecule has 0 amide bonds. The molecular weight excluding hydrogens is 387 g/mol. The monoisotopic (exact) mass is 418 g/mol. The first-order chi connectivity index (χ1) is 14.3. The van der Waals surface area contributed by atoms with Gasteiger partial charge in [-0.2, -0.15) is 0 Å². The lowest BCUT2D eigenvalue weighted by Gasteiger charge is -2.25. The molecule has 2 nitrogen and oxygen atoms in total. The summed E-state index contributed by atoms with van der Waals surface area (Å²) in [6.45, 7) is 14.8. The van der Waals surface area contributed by atoms with Crippen LogP contribution in [0.5, 0.6) is 5.75 Å². The molecule has 4 rings (SSSR count). The number of rotatable bonds is 6. The maximum Gasteiger partial charge on any atom is 0.119 e. The van der Waals surface area contributed by atoms with E-state index in [1.54, 1.807) is 0 Å². The molecule has 0 radical (unpaired) electrons. The van der Waals surface area contributed by atoms with Gasteiger partial charge < -0.3 is 9.47 Å². The highest BCUT2D eigenvalue weighted by Crippen LogP contribution is 2.37. The first-order valence-corrected chi connectivity index (χ1v) is 12.0. The molecule has 1 saturated heterocycles. The van der Waals surface area contributed by atoms with E-state index < -0.39 is 7.92 Å². The van der Waals surface area contributed by atoms with Gasteiger partial charge in [0.15, 0.2) is 0 Å². The van der Waals surface area contributed by atoms with Gasteiger partial charge in [0.05, 0.1) is 6.61 Å². The Hall–Kier alpha value is -2.15. The molecule has 0 aromatic heterocycles. The molecular formula is C27H31O2P. The standard InChI is InChI=1S/C27H31O2P/c1-17-11-21(5)26(13-19(17)3)30(27-14-20(4)18(2)12-22(27)6)25-9-7-23(8-10-25)28-15-24-16-29-24/h7-14,24H,15-16H2,1-6H3. The van der Waals surface area contributed by atoms with Crippen LogP contribution in [-0.4, -0.2) is 19.3 Å². The van der Waals surface area contributed by atoms with E-state index in [0.717, 1.165) is 12.4 Å². The van der Waals surface area contributed by atoms with E-state index in [2.05, 4.69) is 90.1 Å². The van der Waals surface area contributed by atoms with Crippen LogP contribution >= 0.6 is 7.92 Å². The van der Waals surface area contributed by atoms with E-state index in [1.165, 1.54) is 49.3 Å². The molecule has 1 aliphatic rings. The number of hydrogen-bond donors (Lipinski definition) is 0. The lowest BCUT2D eigenvalue weighted by Crippen LogP contribution is -2.25. The van der Waals surface area contributed by atoms with E-state index in [-0.39, 0.29) is 6.10 Å². The first kappa shape index (κ1) is 21.1. The molecule has 3 heteroatoms. The molecule has 156 valence electrons. The van der Waals surface area contributed by atoms with Gasteiger partial charge in [0.2, 0.25) is 0 Å². The van der Waals surface area contributed by atoms with Gasteiger partial charge in [0, 0.05) is 0 Å². The summed E-state index contributed by atoms with van der Waals surface area (Å²) in [6.07, 6.45) is 0.276. The van der Waals surface area contributed by atoms with Crippen LogP contribution in [0.25, 0.3) is 0 Å². The molecule has 3 aromatic rings. The number of epoxide rings is 1. The van der Waals surface area contributed by atoms with Gasteiger partial charge in [0.1, 0.15) is 18.5 Å². The fraction of sp³-hybridized carbons (Fsp3) is 0.333. The third-order valence-corrected chi connectivity index (χ3v) is 8.78. The van der Waals surface area contributed by atoms with Crippen molar-refractivity contribution in [3.05, 3.63) is 81.9 Å². The third kappa shape index (κ3) is 4.46. The summed E-state index contributed by atoms with van der Waals surface area (Å²) in [6, 6.07) is 18.2. The second-order valence-corrected chi connectivity index (χ2v) is 10.7. The summed E-state index contributed by atoms with van der Waals surface area (Å²) in [5.41, 5.74) is 8.16. The topological polar surface area (TPSA) is 21.8 Å². The second kappa shape index (κ2) is 8.53. The molecule has 0 saturated carbocycles. The molecule has 1 fully saturated rings. The fourth-order valence-corrected chi connectivity index (χ4v) is 6.57. The van der Waals surface area contributed by atoms with Crippen molar-refractivity contribution in [2.75, 3.05) is 13.2 Å². The number of aryl methyl sites for hydroxylation is 6. The predicted octanol–water partition coefficient (Wildman–Crippen LogP) is 5.07. The minimum Gasteiger partial charge on any atom is -0.491 e. The van der Waals surface area contributed by atoms with Crippen LogP contribution in [0, 0.1) is 41.5 Å². The van der Waals surface area contributed by atoms with Crippen LogP contribution in [-0.2, 0) is 4.74 Å². The maximum absolute atomic E-state index is 5.88. The van der Waals surface area contributed by atoms with Crippen LogP contribution < -0.4 is 20.7 Å². The maximum atomic E-state index is 5.88. The molecule has 1 aliphatic heterocycles. The van der Waals surface area contributed by atoms with Crippen molar-refractivity contribution in [1.29, 1.82) is 0 Å². The second-order valence-electron chi connectivity index (χ2n) is 8.54. The minimum atomic E-state index is -0.647. The highest BCUT2D eigenvalue weighted by atomic mass is 31.1. The van der Waals surface area contributed by atoms with E-state index in [9.17, 15) is 0 Å². The number of hydrogen-bond acceptors (Lipinski definition) is 2. The van der Waals surface area contributed by atoms with Crippen LogP contribution in [0.4, 0.5) is 0 Å².